The van der Waals surface area contributed by atoms with Crippen molar-refractivity contribution in [2.24, 2.45) is 0 Å². The number of rotatable bonds is 6. The van der Waals surface area contributed by atoms with E-state index in [0.29, 0.717) is 18.0 Å². The van der Waals surface area contributed by atoms with Gasteiger partial charge in [-0.15, -0.1) is 0 Å². The Morgan fingerprint density at radius 1 is 1.13 bits per heavy atom. The molecule has 1 N–H and O–H groups in total. The second-order valence-corrected chi connectivity index (χ2v) is 7.93. The number of carbonyl (C=O) groups excluding carboxylic acids is 1. The molecule has 1 aliphatic rings. The summed E-state index contributed by atoms with van der Waals surface area (Å²) in [6, 6.07) is 19.6. The van der Waals surface area contributed by atoms with Crippen molar-refractivity contribution < 1.29 is 9.53 Å². The highest BCUT2D eigenvalue weighted by Crippen LogP contribution is 2.40. The van der Waals surface area contributed by atoms with E-state index in [4.69, 9.17) is 14.8 Å². The first-order valence-electron chi connectivity index (χ1n) is 10.5. The van der Waals surface area contributed by atoms with E-state index in [1.165, 1.54) is 0 Å². The van der Waals surface area contributed by atoms with Gasteiger partial charge in [0.1, 0.15) is 5.75 Å². The Kier molecular flexibility index (Phi) is 4.90. The lowest BCUT2D eigenvalue weighted by atomic mass is 10.1. The number of hydrogen-bond acceptors (Lipinski definition) is 4. The summed E-state index contributed by atoms with van der Waals surface area (Å²) in [7, 11) is 1.64. The minimum atomic E-state index is -0.110. The van der Waals surface area contributed by atoms with Crippen molar-refractivity contribution in [3.63, 3.8) is 0 Å². The largest absolute Gasteiger partial charge is 0.497 e. The van der Waals surface area contributed by atoms with Gasteiger partial charge in [0.25, 0.3) is 5.91 Å². The summed E-state index contributed by atoms with van der Waals surface area (Å²) in [5, 5.41) is 8.59. The summed E-state index contributed by atoms with van der Waals surface area (Å²) in [6.07, 6.45) is 2.23. The molecule has 4 aromatic rings. The number of ether oxygens (including phenoxy) is 1. The van der Waals surface area contributed by atoms with Gasteiger partial charge in [-0.1, -0.05) is 30.3 Å². The molecule has 0 radical (unpaired) electrons. The van der Waals surface area contributed by atoms with E-state index < -0.39 is 0 Å². The Morgan fingerprint density at radius 3 is 2.55 bits per heavy atom. The molecule has 5 rings (SSSR count). The van der Waals surface area contributed by atoms with Crippen molar-refractivity contribution in [2.45, 2.75) is 32.2 Å². The van der Waals surface area contributed by atoms with Gasteiger partial charge in [-0.2, -0.15) is 5.10 Å². The maximum atomic E-state index is 13.2. The van der Waals surface area contributed by atoms with Gasteiger partial charge in [-0.25, -0.2) is 9.67 Å². The molecule has 0 saturated heterocycles. The molecule has 1 fully saturated rings. The van der Waals surface area contributed by atoms with E-state index in [9.17, 15) is 4.79 Å². The molecule has 0 bridgehead atoms. The van der Waals surface area contributed by atoms with Gasteiger partial charge in [0, 0.05) is 18.2 Å². The fourth-order valence-electron chi connectivity index (χ4n) is 3.85. The first-order chi connectivity index (χ1) is 15.1. The van der Waals surface area contributed by atoms with Gasteiger partial charge in [0.05, 0.1) is 29.4 Å². The zero-order valence-corrected chi connectivity index (χ0v) is 17.6. The third kappa shape index (κ3) is 3.77. The van der Waals surface area contributed by atoms with Gasteiger partial charge in [0.2, 0.25) is 0 Å². The molecule has 31 heavy (non-hydrogen) atoms. The van der Waals surface area contributed by atoms with E-state index in [2.05, 4.69) is 5.32 Å². The summed E-state index contributed by atoms with van der Waals surface area (Å²) >= 11 is 0. The van der Waals surface area contributed by atoms with E-state index in [1.54, 1.807) is 7.11 Å². The van der Waals surface area contributed by atoms with Crippen molar-refractivity contribution in [3.05, 3.63) is 83.2 Å². The highest BCUT2D eigenvalue weighted by molar-refractivity contribution is 6.06. The number of aromatic nitrogens is 3. The predicted octanol–water partition coefficient (Wildman–Crippen LogP) is 4.54. The van der Waals surface area contributed by atoms with Crippen LogP contribution in [-0.4, -0.2) is 27.8 Å². The molecule has 0 unspecified atom stereocenters. The standard InChI is InChI=1S/C25H24N4O2/c1-16-23-21(25(30)26-15-17-8-12-20(31-2)13-9-17)14-22(18-10-11-18)27-24(23)29(28-16)19-6-4-3-5-7-19/h3-9,12-14,18H,10-11,15H2,1-2H3,(H,26,30). The summed E-state index contributed by atoms with van der Waals surface area (Å²) in [5.74, 6) is 1.11. The van der Waals surface area contributed by atoms with E-state index in [1.807, 2.05) is 72.3 Å². The number of nitrogens with one attached hydrogen (secondary N) is 1. The van der Waals surface area contributed by atoms with Crippen LogP contribution in [0.15, 0.2) is 60.7 Å². The fraction of sp³-hybridized carbons (Fsp3) is 0.240. The molecule has 0 atom stereocenters. The van der Waals surface area contributed by atoms with Crippen molar-refractivity contribution in [1.29, 1.82) is 0 Å². The number of carbonyl (C=O) groups is 1. The second kappa shape index (κ2) is 7.87. The number of hydrogen-bond donors (Lipinski definition) is 1. The van der Waals surface area contributed by atoms with Crippen molar-refractivity contribution in [1.82, 2.24) is 20.1 Å². The van der Waals surface area contributed by atoms with Crippen molar-refractivity contribution >= 4 is 16.9 Å². The van der Waals surface area contributed by atoms with Crippen LogP contribution < -0.4 is 10.1 Å². The molecule has 2 aromatic carbocycles. The molecule has 6 nitrogen and oxygen atoms in total. The van der Waals surface area contributed by atoms with E-state index >= 15 is 0 Å². The summed E-state index contributed by atoms with van der Waals surface area (Å²) < 4.78 is 7.05. The highest BCUT2D eigenvalue weighted by Gasteiger charge is 2.29. The molecule has 156 valence electrons. The lowest BCUT2D eigenvalue weighted by Gasteiger charge is -2.10. The Hall–Kier alpha value is -3.67. The van der Waals surface area contributed by atoms with E-state index in [0.717, 1.165) is 52.3 Å². The first kappa shape index (κ1) is 19.3. The minimum absolute atomic E-state index is 0.110. The number of amides is 1. The second-order valence-electron chi connectivity index (χ2n) is 7.93. The molecule has 2 aromatic heterocycles. The first-order valence-corrected chi connectivity index (χ1v) is 10.5. The third-order valence-electron chi connectivity index (χ3n) is 5.69. The highest BCUT2D eigenvalue weighted by atomic mass is 16.5. The van der Waals surface area contributed by atoms with E-state index in [-0.39, 0.29) is 5.91 Å². The third-order valence-corrected chi connectivity index (χ3v) is 5.69. The quantitative estimate of drug-likeness (QED) is 0.505. The molecular weight excluding hydrogens is 388 g/mol. The maximum Gasteiger partial charge on any atom is 0.252 e. The molecule has 0 aliphatic heterocycles. The minimum Gasteiger partial charge on any atom is -0.497 e. The summed E-state index contributed by atoms with van der Waals surface area (Å²) in [4.78, 5) is 18.2. The number of fused-ring (bicyclic) bond motifs is 1. The predicted molar refractivity (Wildman–Crippen MR) is 120 cm³/mol. The van der Waals surface area contributed by atoms with Crippen molar-refractivity contribution in [2.75, 3.05) is 7.11 Å². The lowest BCUT2D eigenvalue weighted by Crippen LogP contribution is -2.23. The summed E-state index contributed by atoms with van der Waals surface area (Å²) in [6.45, 7) is 2.37. The van der Waals surface area contributed by atoms with Crippen molar-refractivity contribution in [3.8, 4) is 11.4 Å². The molecule has 1 saturated carbocycles. The smallest absolute Gasteiger partial charge is 0.252 e. The van der Waals surface area contributed by atoms with Crippen LogP contribution in [-0.2, 0) is 6.54 Å². The monoisotopic (exact) mass is 412 g/mol. The average Bonchev–Trinajstić information content (AvgIpc) is 3.61. The topological polar surface area (TPSA) is 69.0 Å². The van der Waals surface area contributed by atoms with Gasteiger partial charge in [-0.3, -0.25) is 4.79 Å². The zero-order chi connectivity index (χ0) is 21.4. The number of pyridine rings is 1. The normalized spacial score (nSPS) is 13.4. The fourth-order valence-corrected chi connectivity index (χ4v) is 3.85. The SMILES string of the molecule is COc1ccc(CNC(=O)c2cc(C3CC3)nc3c2c(C)nn3-c2ccccc2)cc1. The van der Waals surface area contributed by atoms with Gasteiger partial charge < -0.3 is 10.1 Å². The molecular formula is C25H24N4O2. The van der Waals surface area contributed by atoms with Gasteiger partial charge >= 0.3 is 0 Å². The van der Waals surface area contributed by atoms with Crippen LogP contribution >= 0.6 is 0 Å². The molecule has 0 spiro atoms. The zero-order valence-electron chi connectivity index (χ0n) is 17.6. The van der Waals surface area contributed by atoms with Crippen LogP contribution in [0.2, 0.25) is 0 Å². The number of aryl methyl sites for hydroxylation is 1. The Bertz CT molecular complexity index is 1240. The average molecular weight is 412 g/mol. The lowest BCUT2D eigenvalue weighted by molar-refractivity contribution is 0.0952. The van der Waals surface area contributed by atoms with Crippen LogP contribution in [0.5, 0.6) is 5.75 Å². The Labute approximate surface area is 180 Å². The molecule has 2 heterocycles. The Morgan fingerprint density at radius 2 is 1.87 bits per heavy atom. The molecule has 1 aliphatic carbocycles. The Balaban J connectivity index is 1.52. The molecule has 6 heteroatoms. The van der Waals surface area contributed by atoms with Crippen LogP contribution in [0.4, 0.5) is 0 Å². The van der Waals surface area contributed by atoms with Crippen LogP contribution in [0.25, 0.3) is 16.7 Å². The number of benzene rings is 2. The number of methoxy groups -OCH3 is 1. The van der Waals surface area contributed by atoms with Crippen LogP contribution in [0.1, 0.15) is 46.1 Å². The van der Waals surface area contributed by atoms with Crippen LogP contribution in [0, 0.1) is 6.92 Å². The van der Waals surface area contributed by atoms with Crippen LogP contribution in [0.3, 0.4) is 0 Å². The number of para-hydroxylation sites is 1. The van der Waals surface area contributed by atoms with Gasteiger partial charge in [0.15, 0.2) is 5.65 Å². The maximum absolute atomic E-state index is 13.2. The number of nitrogens with zero attached hydrogens (tertiary/aromatic N) is 3. The molecule has 1 amide bonds. The summed E-state index contributed by atoms with van der Waals surface area (Å²) in [5.41, 5.74) is 5.09. The van der Waals surface area contributed by atoms with Gasteiger partial charge in [-0.05, 0) is 55.7 Å².